The zero-order valence-electron chi connectivity index (χ0n) is 24.6. The SMILES string of the molecule is O=C=NC(N=C=O)(c1ccccc1)c1ccccc1.O=C=Nc1ccccc1C(c1ccccc1N=C=O)c1ccccc1N=C=O. The standard InChI is InChI=1S/C22H13N3O3.C15H10N2O2/c26-13-23-19-10-4-1-7-16(19)22(17-8-2-5-11-20(17)24-14-27)18-9-3-6-12-21(18)25-15-28;18-11-16-15(17-12-19,13-7-3-1-4-8-13)14-9-5-2-6-10-14/h1-12,22H;1-10H. The minimum absolute atomic E-state index is 0.414. The summed E-state index contributed by atoms with van der Waals surface area (Å²) in [6.07, 6.45) is 7.68. The fourth-order valence-corrected chi connectivity index (χ4v) is 5.07. The molecule has 0 unspecified atom stereocenters. The lowest BCUT2D eigenvalue weighted by Crippen LogP contribution is -2.22. The average molecular weight is 618 g/mol. The molecule has 0 aliphatic rings. The van der Waals surface area contributed by atoms with E-state index in [1.54, 1.807) is 103 Å². The molecule has 0 spiro atoms. The number of hydrogen-bond donors (Lipinski definition) is 0. The van der Waals surface area contributed by atoms with Crippen LogP contribution in [0.15, 0.2) is 158 Å². The van der Waals surface area contributed by atoms with Crippen LogP contribution in [0, 0.1) is 0 Å². The molecule has 0 aliphatic carbocycles. The van der Waals surface area contributed by atoms with E-state index >= 15 is 0 Å². The van der Waals surface area contributed by atoms with E-state index in [-0.39, 0.29) is 0 Å². The van der Waals surface area contributed by atoms with Gasteiger partial charge >= 0.3 is 0 Å². The molecule has 5 aromatic carbocycles. The normalized spacial score (nSPS) is 10.5. The number of nitrogens with zero attached hydrogens (tertiary/aromatic N) is 5. The second kappa shape index (κ2) is 16.7. The van der Waals surface area contributed by atoms with Gasteiger partial charge in [-0.1, -0.05) is 115 Å². The highest BCUT2D eigenvalue weighted by Crippen LogP contribution is 2.43. The second-order valence-electron chi connectivity index (χ2n) is 9.53. The molecule has 5 aromatic rings. The van der Waals surface area contributed by atoms with Gasteiger partial charge in [0.15, 0.2) is 0 Å². The van der Waals surface area contributed by atoms with Crippen molar-refractivity contribution >= 4 is 47.5 Å². The molecule has 0 saturated carbocycles. The Morgan fingerprint density at radius 2 is 0.681 bits per heavy atom. The van der Waals surface area contributed by atoms with Crippen molar-refractivity contribution in [3.8, 4) is 0 Å². The van der Waals surface area contributed by atoms with E-state index in [1.165, 1.54) is 12.2 Å². The van der Waals surface area contributed by atoms with Crippen LogP contribution in [-0.4, -0.2) is 30.4 Å². The van der Waals surface area contributed by atoms with Gasteiger partial charge in [0.05, 0.1) is 17.1 Å². The van der Waals surface area contributed by atoms with Gasteiger partial charge in [-0.15, -0.1) is 0 Å². The number of rotatable bonds is 10. The van der Waals surface area contributed by atoms with Gasteiger partial charge in [0.1, 0.15) is 0 Å². The Morgan fingerprint density at radius 3 is 0.979 bits per heavy atom. The number of hydrogen-bond acceptors (Lipinski definition) is 10. The number of carbonyl (C=O) groups excluding carboxylic acids is 5. The molecule has 10 heteroatoms. The largest absolute Gasteiger partial charge is 0.240 e. The molecule has 5 rings (SSSR count). The summed E-state index contributed by atoms with van der Waals surface area (Å²) >= 11 is 0. The maximum Gasteiger partial charge on any atom is 0.240 e. The van der Waals surface area contributed by atoms with Gasteiger partial charge in [-0.3, -0.25) is 0 Å². The van der Waals surface area contributed by atoms with Crippen LogP contribution in [0.2, 0.25) is 0 Å². The summed E-state index contributed by atoms with van der Waals surface area (Å²) in [4.78, 5) is 73.2. The van der Waals surface area contributed by atoms with Crippen molar-refractivity contribution in [3.05, 3.63) is 161 Å². The summed E-state index contributed by atoms with van der Waals surface area (Å²) < 4.78 is 0. The summed E-state index contributed by atoms with van der Waals surface area (Å²) in [7, 11) is 0. The van der Waals surface area contributed by atoms with Crippen LogP contribution in [0.1, 0.15) is 33.7 Å². The van der Waals surface area contributed by atoms with Crippen LogP contribution in [0.5, 0.6) is 0 Å². The van der Waals surface area contributed by atoms with Crippen LogP contribution in [0.4, 0.5) is 17.1 Å². The van der Waals surface area contributed by atoms with Gasteiger partial charge in [0.25, 0.3) is 0 Å². The lowest BCUT2D eigenvalue weighted by atomic mass is 9.82. The molecule has 0 amide bonds. The predicted octanol–water partition coefficient (Wildman–Crippen LogP) is 7.33. The van der Waals surface area contributed by atoms with Crippen molar-refractivity contribution in [3.63, 3.8) is 0 Å². The zero-order chi connectivity index (χ0) is 33.3. The van der Waals surface area contributed by atoms with Crippen molar-refractivity contribution in [2.45, 2.75) is 11.6 Å². The first kappa shape index (κ1) is 32.9. The van der Waals surface area contributed by atoms with Gasteiger partial charge < -0.3 is 0 Å². The molecular formula is C37H23N5O5. The average Bonchev–Trinajstić information content (AvgIpc) is 3.12. The molecule has 0 bridgehead atoms. The molecule has 0 aromatic heterocycles. The second-order valence-corrected chi connectivity index (χ2v) is 9.53. The van der Waals surface area contributed by atoms with E-state index < -0.39 is 11.6 Å². The van der Waals surface area contributed by atoms with Crippen LogP contribution in [-0.2, 0) is 29.6 Å². The van der Waals surface area contributed by atoms with Gasteiger partial charge in [-0.25, -0.2) is 24.0 Å². The van der Waals surface area contributed by atoms with E-state index in [0.717, 1.165) is 0 Å². The maximum absolute atomic E-state index is 10.9. The molecule has 0 atom stereocenters. The summed E-state index contributed by atoms with van der Waals surface area (Å²) in [5, 5.41) is 0. The molecule has 226 valence electrons. The molecule has 0 radical (unpaired) electrons. The Bertz CT molecular complexity index is 1880. The first-order chi connectivity index (χ1) is 23.1. The number of aliphatic imine (C=N–C) groups is 5. The molecule has 0 saturated heterocycles. The highest BCUT2D eigenvalue weighted by molar-refractivity contribution is 5.68. The van der Waals surface area contributed by atoms with Crippen LogP contribution >= 0.6 is 0 Å². The fraction of sp³-hybridized carbons (Fsp3) is 0.0541. The molecule has 47 heavy (non-hydrogen) atoms. The van der Waals surface area contributed by atoms with Gasteiger partial charge in [0.2, 0.25) is 36.1 Å². The van der Waals surface area contributed by atoms with Crippen molar-refractivity contribution in [2.24, 2.45) is 25.0 Å². The monoisotopic (exact) mass is 617 g/mol. The minimum Gasteiger partial charge on any atom is -0.211 e. The fourth-order valence-electron chi connectivity index (χ4n) is 5.07. The predicted molar refractivity (Wildman–Crippen MR) is 174 cm³/mol. The van der Waals surface area contributed by atoms with Crippen LogP contribution < -0.4 is 0 Å². The molecule has 0 N–H and O–H groups in total. The van der Waals surface area contributed by atoms with E-state index in [4.69, 9.17) is 0 Å². The van der Waals surface area contributed by atoms with Crippen molar-refractivity contribution < 1.29 is 24.0 Å². The van der Waals surface area contributed by atoms with E-state index in [2.05, 4.69) is 25.0 Å². The summed E-state index contributed by atoms with van der Waals surface area (Å²) in [5.74, 6) is -0.505. The van der Waals surface area contributed by atoms with Crippen LogP contribution in [0.3, 0.4) is 0 Å². The highest BCUT2D eigenvalue weighted by atomic mass is 16.1. The summed E-state index contributed by atoms with van der Waals surface area (Å²) in [6.45, 7) is 0. The quantitative estimate of drug-likeness (QED) is 0.0914. The Balaban J connectivity index is 0.000000229. The maximum atomic E-state index is 10.9. The van der Waals surface area contributed by atoms with Gasteiger partial charge in [0, 0.05) is 17.0 Å². The lowest BCUT2D eigenvalue weighted by molar-refractivity contribution is 0.516. The van der Waals surface area contributed by atoms with Crippen molar-refractivity contribution in [1.29, 1.82) is 0 Å². The first-order valence-electron chi connectivity index (χ1n) is 13.9. The third-order valence-electron chi connectivity index (χ3n) is 7.01. The van der Waals surface area contributed by atoms with E-state index in [1.807, 2.05) is 48.5 Å². The smallest absolute Gasteiger partial charge is 0.211 e. The Kier molecular flexibility index (Phi) is 11.7. The number of benzene rings is 5. The van der Waals surface area contributed by atoms with Crippen molar-refractivity contribution in [2.75, 3.05) is 0 Å². The third kappa shape index (κ3) is 7.75. The third-order valence-corrected chi connectivity index (χ3v) is 7.01. The Hall–Kier alpha value is -7.00. The molecule has 0 heterocycles. The van der Waals surface area contributed by atoms with Crippen molar-refractivity contribution in [1.82, 2.24) is 0 Å². The zero-order valence-corrected chi connectivity index (χ0v) is 24.6. The number of isocyanates is 5. The highest BCUT2D eigenvalue weighted by Gasteiger charge is 2.34. The van der Waals surface area contributed by atoms with Gasteiger partial charge in [-0.2, -0.15) is 25.0 Å². The molecular weight excluding hydrogens is 594 g/mol. The lowest BCUT2D eigenvalue weighted by Gasteiger charge is -2.22. The molecule has 10 nitrogen and oxygen atoms in total. The summed E-state index contributed by atoms with van der Waals surface area (Å²) in [6, 6.07) is 38.9. The first-order valence-corrected chi connectivity index (χ1v) is 13.9. The minimum atomic E-state index is -1.41. The molecule has 0 fully saturated rings. The number of para-hydroxylation sites is 3. The van der Waals surface area contributed by atoms with E-state index in [0.29, 0.717) is 44.9 Å². The van der Waals surface area contributed by atoms with Crippen LogP contribution in [0.25, 0.3) is 0 Å². The van der Waals surface area contributed by atoms with Gasteiger partial charge in [-0.05, 0) is 34.9 Å². The Labute approximate surface area is 269 Å². The molecule has 0 aliphatic heterocycles. The Morgan fingerprint density at radius 1 is 0.383 bits per heavy atom. The van der Waals surface area contributed by atoms with E-state index in [9.17, 15) is 24.0 Å². The topological polar surface area (TPSA) is 147 Å². The summed E-state index contributed by atoms with van der Waals surface area (Å²) in [5.41, 5.74) is 3.06.